The average Bonchev–Trinajstić information content (AvgIpc) is 2.47. The van der Waals surface area contributed by atoms with Crippen molar-refractivity contribution in [2.75, 3.05) is 24.2 Å². The van der Waals surface area contributed by atoms with Crippen molar-refractivity contribution < 1.29 is 13.2 Å². The molecule has 20 heavy (non-hydrogen) atoms. The van der Waals surface area contributed by atoms with Crippen molar-refractivity contribution >= 4 is 21.4 Å². The highest BCUT2D eigenvalue weighted by molar-refractivity contribution is 7.92. The van der Waals surface area contributed by atoms with Gasteiger partial charge in [0.05, 0.1) is 18.5 Å². The molecule has 1 aromatic heterocycles. The highest BCUT2D eigenvalue weighted by atomic mass is 32.2. The summed E-state index contributed by atoms with van der Waals surface area (Å²) in [6, 6.07) is 8.29. The van der Waals surface area contributed by atoms with Crippen LogP contribution in [0.2, 0.25) is 0 Å². The summed E-state index contributed by atoms with van der Waals surface area (Å²) in [7, 11) is -0.537. The zero-order valence-electron chi connectivity index (χ0n) is 11.1. The summed E-state index contributed by atoms with van der Waals surface area (Å²) in [4.78, 5) is 3.94. The van der Waals surface area contributed by atoms with Gasteiger partial charge in [0, 0.05) is 25.5 Å². The lowest BCUT2D eigenvalue weighted by molar-refractivity contribution is 0.415. The van der Waals surface area contributed by atoms with Gasteiger partial charge in [0.1, 0.15) is 10.6 Å². The van der Waals surface area contributed by atoms with Gasteiger partial charge in [0.25, 0.3) is 10.0 Å². The van der Waals surface area contributed by atoms with Crippen LogP contribution in [0.25, 0.3) is 0 Å². The molecule has 0 aliphatic rings. The normalized spacial score (nSPS) is 10.9. The van der Waals surface area contributed by atoms with Gasteiger partial charge in [-0.1, -0.05) is 6.07 Å². The molecule has 0 amide bonds. The van der Waals surface area contributed by atoms with Crippen molar-refractivity contribution in [2.24, 2.45) is 0 Å². The van der Waals surface area contributed by atoms with Crippen LogP contribution in [-0.2, 0) is 10.0 Å². The number of ether oxygens (including phenoxy) is 1. The van der Waals surface area contributed by atoms with E-state index < -0.39 is 10.0 Å². The number of pyridine rings is 1. The molecule has 1 heterocycles. The molecule has 2 aromatic rings. The van der Waals surface area contributed by atoms with Gasteiger partial charge in [0.15, 0.2) is 0 Å². The Morgan fingerprint density at radius 1 is 1.25 bits per heavy atom. The number of benzene rings is 1. The van der Waals surface area contributed by atoms with Crippen LogP contribution in [0.4, 0.5) is 11.4 Å². The van der Waals surface area contributed by atoms with Gasteiger partial charge in [-0.05, 0) is 18.2 Å². The second-order valence-electron chi connectivity index (χ2n) is 3.96. The third-order valence-electron chi connectivity index (χ3n) is 2.67. The van der Waals surface area contributed by atoms with Gasteiger partial charge in [0.2, 0.25) is 0 Å². The zero-order valence-corrected chi connectivity index (χ0v) is 11.9. The van der Waals surface area contributed by atoms with Gasteiger partial charge < -0.3 is 10.1 Å². The van der Waals surface area contributed by atoms with Gasteiger partial charge in [-0.3, -0.25) is 9.71 Å². The second kappa shape index (κ2) is 5.79. The van der Waals surface area contributed by atoms with Crippen LogP contribution in [0.15, 0.2) is 47.6 Å². The molecule has 0 unspecified atom stereocenters. The van der Waals surface area contributed by atoms with E-state index in [1.807, 2.05) is 0 Å². The molecule has 0 atom stereocenters. The minimum atomic E-state index is -3.71. The molecule has 6 nitrogen and oxygen atoms in total. The monoisotopic (exact) mass is 293 g/mol. The Morgan fingerprint density at radius 3 is 2.75 bits per heavy atom. The van der Waals surface area contributed by atoms with Crippen LogP contribution >= 0.6 is 0 Å². The van der Waals surface area contributed by atoms with Gasteiger partial charge in [-0.15, -0.1) is 0 Å². The fraction of sp³-hybridized carbons (Fsp3) is 0.154. The Bertz CT molecular complexity index is 702. The van der Waals surface area contributed by atoms with Crippen molar-refractivity contribution in [1.29, 1.82) is 0 Å². The number of nitrogens with zero attached hydrogens (tertiary/aromatic N) is 1. The smallest absolute Gasteiger partial charge is 0.265 e. The van der Waals surface area contributed by atoms with Crippen LogP contribution in [0, 0.1) is 0 Å². The standard InChI is InChI=1S/C13H15N3O3S/c1-14-12-6-7-15-9-13(12)20(17,18)16-10-4-3-5-11(8-10)19-2/h3-9,16H,1-2H3,(H,14,15). The first-order chi connectivity index (χ1) is 9.56. The van der Waals surface area contributed by atoms with Crippen molar-refractivity contribution in [2.45, 2.75) is 4.90 Å². The quantitative estimate of drug-likeness (QED) is 0.880. The van der Waals surface area contributed by atoms with Crippen molar-refractivity contribution in [3.63, 3.8) is 0 Å². The molecule has 0 spiro atoms. The molecule has 0 saturated carbocycles. The molecule has 0 bridgehead atoms. The molecule has 7 heteroatoms. The van der Waals surface area contributed by atoms with E-state index in [4.69, 9.17) is 4.74 Å². The number of nitrogens with one attached hydrogen (secondary N) is 2. The predicted molar refractivity (Wildman–Crippen MR) is 77.6 cm³/mol. The highest BCUT2D eigenvalue weighted by Gasteiger charge is 2.18. The molecule has 2 rings (SSSR count). The lowest BCUT2D eigenvalue weighted by Gasteiger charge is -2.12. The summed E-state index contributed by atoms with van der Waals surface area (Å²) in [6.45, 7) is 0. The van der Waals surface area contributed by atoms with E-state index in [9.17, 15) is 8.42 Å². The summed E-state index contributed by atoms with van der Waals surface area (Å²) in [6.07, 6.45) is 2.82. The Kier molecular flexibility index (Phi) is 4.09. The van der Waals surface area contributed by atoms with Crippen molar-refractivity contribution in [3.05, 3.63) is 42.7 Å². The van der Waals surface area contributed by atoms with E-state index in [0.717, 1.165) is 0 Å². The summed E-state index contributed by atoms with van der Waals surface area (Å²) in [5, 5.41) is 2.83. The second-order valence-corrected chi connectivity index (χ2v) is 5.61. The lowest BCUT2D eigenvalue weighted by Crippen LogP contribution is -2.15. The molecule has 0 saturated heterocycles. The topological polar surface area (TPSA) is 80.3 Å². The van der Waals surface area contributed by atoms with Crippen LogP contribution in [0.3, 0.4) is 0 Å². The maximum absolute atomic E-state index is 12.3. The maximum atomic E-state index is 12.3. The van der Waals surface area contributed by atoms with E-state index in [-0.39, 0.29) is 4.90 Å². The summed E-state index contributed by atoms with van der Waals surface area (Å²) >= 11 is 0. The predicted octanol–water partition coefficient (Wildman–Crippen LogP) is 1.93. The number of hydrogen-bond donors (Lipinski definition) is 2. The largest absolute Gasteiger partial charge is 0.497 e. The third-order valence-corrected chi connectivity index (χ3v) is 4.07. The molecule has 0 radical (unpaired) electrons. The van der Waals surface area contributed by atoms with E-state index in [1.165, 1.54) is 19.5 Å². The fourth-order valence-corrected chi connectivity index (χ4v) is 2.90. The van der Waals surface area contributed by atoms with Gasteiger partial charge in [-0.25, -0.2) is 8.42 Å². The molecule has 0 aliphatic carbocycles. The van der Waals surface area contributed by atoms with Crippen LogP contribution in [-0.4, -0.2) is 27.6 Å². The Morgan fingerprint density at radius 2 is 2.05 bits per heavy atom. The zero-order chi connectivity index (χ0) is 14.6. The van der Waals surface area contributed by atoms with Crippen LogP contribution < -0.4 is 14.8 Å². The number of aromatic nitrogens is 1. The van der Waals surface area contributed by atoms with E-state index in [0.29, 0.717) is 17.1 Å². The maximum Gasteiger partial charge on any atom is 0.265 e. The Hall–Kier alpha value is -2.28. The number of methoxy groups -OCH3 is 1. The summed E-state index contributed by atoms with van der Waals surface area (Å²) in [5.41, 5.74) is 0.908. The van der Waals surface area contributed by atoms with E-state index >= 15 is 0 Å². The fourth-order valence-electron chi connectivity index (χ4n) is 1.70. The number of sulfonamides is 1. The summed E-state index contributed by atoms with van der Waals surface area (Å²) in [5.74, 6) is 0.574. The molecule has 0 aliphatic heterocycles. The number of rotatable bonds is 5. The van der Waals surface area contributed by atoms with Crippen molar-refractivity contribution in [1.82, 2.24) is 4.98 Å². The molecular formula is C13H15N3O3S. The third kappa shape index (κ3) is 3.00. The molecule has 1 aromatic carbocycles. The number of hydrogen-bond acceptors (Lipinski definition) is 5. The van der Waals surface area contributed by atoms with Crippen LogP contribution in [0.5, 0.6) is 5.75 Å². The molecule has 106 valence electrons. The molecular weight excluding hydrogens is 278 g/mol. The minimum absolute atomic E-state index is 0.0883. The first-order valence-electron chi connectivity index (χ1n) is 5.85. The lowest BCUT2D eigenvalue weighted by atomic mass is 10.3. The van der Waals surface area contributed by atoms with Gasteiger partial charge in [-0.2, -0.15) is 0 Å². The van der Waals surface area contributed by atoms with E-state index in [1.54, 1.807) is 37.4 Å². The van der Waals surface area contributed by atoms with E-state index in [2.05, 4.69) is 15.0 Å². The SMILES string of the molecule is CNc1ccncc1S(=O)(=O)Nc1cccc(OC)c1. The average molecular weight is 293 g/mol. The van der Waals surface area contributed by atoms with Crippen molar-refractivity contribution in [3.8, 4) is 5.75 Å². The minimum Gasteiger partial charge on any atom is -0.497 e. The first-order valence-corrected chi connectivity index (χ1v) is 7.34. The Labute approximate surface area is 117 Å². The highest BCUT2D eigenvalue weighted by Crippen LogP contribution is 2.24. The summed E-state index contributed by atoms with van der Waals surface area (Å²) < 4.78 is 32.3. The Balaban J connectivity index is 2.35. The van der Waals surface area contributed by atoms with Gasteiger partial charge >= 0.3 is 0 Å². The number of anilines is 2. The van der Waals surface area contributed by atoms with Crippen LogP contribution in [0.1, 0.15) is 0 Å². The molecule has 0 fully saturated rings. The first kappa shape index (κ1) is 14.1. The molecule has 2 N–H and O–H groups in total.